The Hall–Kier alpha value is -8.14. The van der Waals surface area contributed by atoms with Crippen LogP contribution in [0, 0.1) is 0 Å². The Balaban J connectivity index is 1.06. The molecule has 0 N–H and O–H groups in total. The second kappa shape index (κ2) is 14.8. The van der Waals surface area contributed by atoms with Gasteiger partial charge in [0, 0.05) is 38.4 Å². The van der Waals surface area contributed by atoms with Gasteiger partial charge in [-0.25, -0.2) is 9.97 Å². The number of hydrogen-bond acceptors (Lipinski definition) is 3. The number of aromatic nitrogens is 2. The molecule has 0 amide bonds. The summed E-state index contributed by atoms with van der Waals surface area (Å²) in [7, 11) is 0. The standard InChI is InChI=1S/C60H40N2O/c1-60(46-24-9-4-10-25-46)52-31-13-11-27-51(52)57-47(28-17-32-53(57)60)44-35-43(39-18-5-2-6-19-39)36-45(37-44)55-38-54(61-59(62-55)40-20-7-3-8-21-40)42-23-15-22-41(34-42)48-29-16-30-50-49-26-12-14-33-56(49)63-58(48)50/h2-38H,1H3. The van der Waals surface area contributed by atoms with Gasteiger partial charge >= 0.3 is 0 Å². The lowest BCUT2D eigenvalue weighted by Gasteiger charge is -2.28. The quantitative estimate of drug-likeness (QED) is 0.161. The van der Waals surface area contributed by atoms with Crippen LogP contribution in [0.25, 0.3) is 100 Å². The molecule has 2 aromatic heterocycles. The number of hydrogen-bond donors (Lipinski definition) is 0. The molecule has 0 bridgehead atoms. The first-order valence-corrected chi connectivity index (χ1v) is 21.6. The summed E-state index contributed by atoms with van der Waals surface area (Å²) in [4.78, 5) is 10.6. The SMILES string of the molecule is CC1(c2ccccc2)c2ccccc2-c2c(-c3cc(-c4ccccc4)cc(-c4cc(-c5cccc(-c6cccc7c6oc6ccccc67)c5)nc(-c5ccccc5)n4)c3)cccc21. The van der Waals surface area contributed by atoms with E-state index < -0.39 is 0 Å². The Bertz CT molecular complexity index is 3520. The molecule has 63 heavy (non-hydrogen) atoms. The van der Waals surface area contributed by atoms with Crippen LogP contribution in [0.4, 0.5) is 0 Å². The van der Waals surface area contributed by atoms with E-state index in [0.29, 0.717) is 5.82 Å². The Kier molecular flexibility index (Phi) is 8.62. The number of benzene rings is 9. The van der Waals surface area contributed by atoms with Crippen molar-refractivity contribution in [2.24, 2.45) is 0 Å². The Morgan fingerprint density at radius 3 is 1.73 bits per heavy atom. The first-order chi connectivity index (χ1) is 31.1. The molecule has 2 heterocycles. The van der Waals surface area contributed by atoms with E-state index in [0.717, 1.165) is 77.8 Å². The summed E-state index contributed by atoms with van der Waals surface area (Å²) >= 11 is 0. The maximum absolute atomic E-state index is 6.49. The van der Waals surface area contributed by atoms with Crippen molar-refractivity contribution in [1.82, 2.24) is 9.97 Å². The fourth-order valence-corrected chi connectivity index (χ4v) is 9.87. The smallest absolute Gasteiger partial charge is 0.160 e. The highest BCUT2D eigenvalue weighted by molar-refractivity contribution is 6.09. The molecule has 0 saturated carbocycles. The summed E-state index contributed by atoms with van der Waals surface area (Å²) in [5, 5.41) is 2.22. The van der Waals surface area contributed by atoms with E-state index in [2.05, 4.69) is 201 Å². The number of nitrogens with zero attached hydrogens (tertiary/aromatic N) is 2. The van der Waals surface area contributed by atoms with Crippen molar-refractivity contribution in [2.45, 2.75) is 12.3 Å². The van der Waals surface area contributed by atoms with Crippen LogP contribution in [-0.2, 0) is 5.41 Å². The van der Waals surface area contributed by atoms with Crippen LogP contribution in [0.1, 0.15) is 23.6 Å². The molecule has 3 nitrogen and oxygen atoms in total. The van der Waals surface area contributed by atoms with Gasteiger partial charge in [0.1, 0.15) is 11.2 Å². The molecule has 0 aliphatic heterocycles. The summed E-state index contributed by atoms with van der Waals surface area (Å²) in [5.74, 6) is 0.674. The number of rotatable bonds is 7. The third-order valence-corrected chi connectivity index (χ3v) is 13.0. The van der Waals surface area contributed by atoms with E-state index in [-0.39, 0.29) is 5.41 Å². The summed E-state index contributed by atoms with van der Waals surface area (Å²) in [5.41, 5.74) is 19.3. The Morgan fingerprint density at radius 1 is 0.365 bits per heavy atom. The second-order valence-electron chi connectivity index (χ2n) is 16.6. The van der Waals surface area contributed by atoms with E-state index in [1.807, 2.05) is 30.3 Å². The molecule has 1 aliphatic carbocycles. The van der Waals surface area contributed by atoms with E-state index >= 15 is 0 Å². The van der Waals surface area contributed by atoms with Crippen molar-refractivity contribution in [3.8, 4) is 78.4 Å². The van der Waals surface area contributed by atoms with Crippen LogP contribution in [0.3, 0.4) is 0 Å². The molecule has 1 aliphatic rings. The molecule has 11 aromatic rings. The van der Waals surface area contributed by atoms with Crippen LogP contribution >= 0.6 is 0 Å². The minimum Gasteiger partial charge on any atom is -0.455 e. The zero-order valence-corrected chi connectivity index (χ0v) is 34.7. The molecule has 0 spiro atoms. The van der Waals surface area contributed by atoms with Gasteiger partial charge in [0.05, 0.1) is 11.4 Å². The molecule has 1 unspecified atom stereocenters. The molecule has 3 heteroatoms. The lowest BCUT2D eigenvalue weighted by molar-refractivity contribution is 0.670. The van der Waals surface area contributed by atoms with E-state index in [9.17, 15) is 0 Å². The van der Waals surface area contributed by atoms with Crippen LogP contribution in [0.5, 0.6) is 0 Å². The Labute approximate surface area is 366 Å². The molecular weight excluding hydrogens is 765 g/mol. The third kappa shape index (κ3) is 6.12. The highest BCUT2D eigenvalue weighted by Crippen LogP contribution is 2.55. The second-order valence-corrected chi connectivity index (χ2v) is 16.6. The van der Waals surface area contributed by atoms with Crippen LogP contribution < -0.4 is 0 Å². The number of para-hydroxylation sites is 2. The summed E-state index contributed by atoms with van der Waals surface area (Å²) < 4.78 is 6.49. The van der Waals surface area contributed by atoms with Crippen molar-refractivity contribution in [2.75, 3.05) is 0 Å². The first kappa shape index (κ1) is 36.7. The normalized spacial score (nSPS) is 14.2. The van der Waals surface area contributed by atoms with Gasteiger partial charge in [-0.1, -0.05) is 188 Å². The molecule has 296 valence electrons. The highest BCUT2D eigenvalue weighted by atomic mass is 16.3. The van der Waals surface area contributed by atoms with Gasteiger partial charge in [0.2, 0.25) is 0 Å². The zero-order chi connectivity index (χ0) is 41.9. The van der Waals surface area contributed by atoms with Gasteiger partial charge in [-0.15, -0.1) is 0 Å². The summed E-state index contributed by atoms with van der Waals surface area (Å²) in [6.07, 6.45) is 0. The van der Waals surface area contributed by atoms with Crippen molar-refractivity contribution in [3.05, 3.63) is 241 Å². The monoisotopic (exact) mass is 804 g/mol. The highest BCUT2D eigenvalue weighted by Gasteiger charge is 2.41. The van der Waals surface area contributed by atoms with Gasteiger partial charge in [0.25, 0.3) is 0 Å². The van der Waals surface area contributed by atoms with Crippen LogP contribution in [0.15, 0.2) is 229 Å². The fraction of sp³-hybridized carbons (Fsp3) is 0.0333. The van der Waals surface area contributed by atoms with Gasteiger partial charge < -0.3 is 4.42 Å². The third-order valence-electron chi connectivity index (χ3n) is 13.0. The molecular formula is C60H40N2O. The average molecular weight is 805 g/mol. The first-order valence-electron chi connectivity index (χ1n) is 21.6. The van der Waals surface area contributed by atoms with E-state index in [1.165, 1.54) is 33.4 Å². The predicted octanol–water partition coefficient (Wildman–Crippen LogP) is 15.7. The Morgan fingerprint density at radius 2 is 0.905 bits per heavy atom. The van der Waals surface area contributed by atoms with Crippen molar-refractivity contribution < 1.29 is 4.42 Å². The summed E-state index contributed by atoms with van der Waals surface area (Å²) in [6, 6.07) is 80.0. The minimum absolute atomic E-state index is 0.306. The van der Waals surface area contributed by atoms with Crippen molar-refractivity contribution in [1.29, 1.82) is 0 Å². The van der Waals surface area contributed by atoms with Crippen molar-refractivity contribution >= 4 is 21.9 Å². The molecule has 1 atom stereocenters. The number of furan rings is 1. The van der Waals surface area contributed by atoms with Crippen LogP contribution in [-0.4, -0.2) is 9.97 Å². The average Bonchev–Trinajstić information content (AvgIpc) is 3.88. The number of fused-ring (bicyclic) bond motifs is 6. The fourth-order valence-electron chi connectivity index (χ4n) is 9.87. The lowest BCUT2D eigenvalue weighted by atomic mass is 9.74. The van der Waals surface area contributed by atoms with E-state index in [1.54, 1.807) is 0 Å². The minimum atomic E-state index is -0.306. The molecule has 0 fully saturated rings. The van der Waals surface area contributed by atoms with Gasteiger partial charge in [-0.3, -0.25) is 0 Å². The molecule has 12 rings (SSSR count). The summed E-state index contributed by atoms with van der Waals surface area (Å²) in [6.45, 7) is 2.38. The predicted molar refractivity (Wildman–Crippen MR) is 259 cm³/mol. The van der Waals surface area contributed by atoms with Crippen molar-refractivity contribution in [3.63, 3.8) is 0 Å². The van der Waals surface area contributed by atoms with Crippen LogP contribution in [0.2, 0.25) is 0 Å². The maximum atomic E-state index is 6.49. The zero-order valence-electron chi connectivity index (χ0n) is 34.7. The van der Waals surface area contributed by atoms with E-state index in [4.69, 9.17) is 14.4 Å². The topological polar surface area (TPSA) is 38.9 Å². The lowest BCUT2D eigenvalue weighted by Crippen LogP contribution is -2.22. The van der Waals surface area contributed by atoms with Gasteiger partial charge in [-0.2, -0.15) is 0 Å². The molecule has 0 radical (unpaired) electrons. The van der Waals surface area contributed by atoms with Gasteiger partial charge in [0.15, 0.2) is 5.82 Å². The van der Waals surface area contributed by atoms with Gasteiger partial charge in [-0.05, 0) is 99.0 Å². The molecule has 9 aromatic carbocycles. The molecule has 0 saturated heterocycles. The largest absolute Gasteiger partial charge is 0.455 e. The maximum Gasteiger partial charge on any atom is 0.160 e.